The van der Waals surface area contributed by atoms with E-state index in [2.05, 4.69) is 26.0 Å². The van der Waals surface area contributed by atoms with E-state index in [1.54, 1.807) is 19.2 Å². The number of hydrogen-bond acceptors (Lipinski definition) is 8. The summed E-state index contributed by atoms with van der Waals surface area (Å²) in [6, 6.07) is 5.05. The van der Waals surface area contributed by atoms with Gasteiger partial charge in [-0.3, -0.25) is 9.59 Å². The van der Waals surface area contributed by atoms with Crippen LogP contribution in [-0.2, 0) is 4.74 Å². The Morgan fingerprint density at radius 3 is 2.79 bits per heavy atom. The molecule has 0 radical (unpaired) electrons. The van der Waals surface area contributed by atoms with Gasteiger partial charge in [0.2, 0.25) is 0 Å². The summed E-state index contributed by atoms with van der Waals surface area (Å²) < 4.78 is 8.54. The molecule has 4 heterocycles. The average molecular weight is 468 g/mol. The van der Waals surface area contributed by atoms with Crippen LogP contribution in [0.3, 0.4) is 0 Å². The number of carbonyl (C=O) groups is 1. The van der Waals surface area contributed by atoms with Crippen LogP contribution in [0.15, 0.2) is 35.4 Å². The van der Waals surface area contributed by atoms with Crippen molar-refractivity contribution < 1.29 is 14.6 Å². The lowest BCUT2D eigenvalue weighted by molar-refractivity contribution is 0.0888. The second-order valence-corrected chi connectivity index (χ2v) is 8.81. The van der Waals surface area contributed by atoms with Crippen molar-refractivity contribution in [2.45, 2.75) is 50.3 Å². The summed E-state index contributed by atoms with van der Waals surface area (Å²) in [5, 5.41) is 23.2. The summed E-state index contributed by atoms with van der Waals surface area (Å²) in [4.78, 5) is 30.7. The molecule has 1 aliphatic carbocycles. The predicted molar refractivity (Wildman–Crippen MR) is 127 cm³/mol. The molecular weight excluding hydrogens is 438 g/mol. The van der Waals surface area contributed by atoms with Gasteiger partial charge in [0.15, 0.2) is 5.65 Å². The zero-order valence-electron chi connectivity index (χ0n) is 19.0. The largest absolute Gasteiger partial charge is 0.388 e. The number of fused-ring (bicyclic) bond motifs is 1. The second-order valence-electron chi connectivity index (χ2n) is 8.81. The molecule has 1 saturated heterocycles. The Balaban J connectivity index is 1.46. The molecular formula is C23H29N7O4. The van der Waals surface area contributed by atoms with Crippen LogP contribution in [0.25, 0.3) is 5.65 Å². The highest BCUT2D eigenvalue weighted by molar-refractivity contribution is 6.00. The second kappa shape index (κ2) is 9.43. The zero-order chi connectivity index (χ0) is 23.7. The third-order valence-corrected chi connectivity index (χ3v) is 6.54. The van der Waals surface area contributed by atoms with E-state index in [9.17, 15) is 14.7 Å². The fraction of sp³-hybridized carbons (Fsp3) is 0.478. The molecule has 11 nitrogen and oxygen atoms in total. The van der Waals surface area contributed by atoms with Crippen LogP contribution in [-0.4, -0.2) is 62.6 Å². The Labute approximate surface area is 196 Å². The predicted octanol–water partition coefficient (Wildman–Crippen LogP) is 1.67. The maximum absolute atomic E-state index is 13.2. The summed E-state index contributed by atoms with van der Waals surface area (Å²) in [6.45, 7) is 0.431. The van der Waals surface area contributed by atoms with Gasteiger partial charge < -0.3 is 30.4 Å². The minimum atomic E-state index is -0.756. The standard InChI is InChI=1S/C23H29N7O4/c1-24-20-10-19(26-16-8-5-9-29(23(16)33)14-6-3-2-4-7-14)28-21-15(11-25-30(20)21)22(32)27-17-12-34-13-18(17)31/h5,8-11,14,17-18,24,31H,2-4,6-7,12-13H2,1H3,(H,26,28)(H,27,32)/t17-,18+/m1/s1. The molecule has 5 rings (SSSR count). The number of hydrogen-bond donors (Lipinski definition) is 4. The number of aromatic nitrogens is 4. The van der Waals surface area contributed by atoms with E-state index in [4.69, 9.17) is 4.74 Å². The van der Waals surface area contributed by atoms with Crippen molar-refractivity contribution in [1.82, 2.24) is 24.5 Å². The quantitative estimate of drug-likeness (QED) is 0.430. The van der Waals surface area contributed by atoms with Crippen LogP contribution in [0, 0.1) is 0 Å². The van der Waals surface area contributed by atoms with Crippen molar-refractivity contribution in [2.75, 3.05) is 30.9 Å². The first-order chi connectivity index (χ1) is 16.5. The maximum Gasteiger partial charge on any atom is 0.274 e. The van der Waals surface area contributed by atoms with Gasteiger partial charge in [-0.25, -0.2) is 4.98 Å². The van der Waals surface area contributed by atoms with Crippen LogP contribution in [0.2, 0.25) is 0 Å². The van der Waals surface area contributed by atoms with Gasteiger partial charge in [0.25, 0.3) is 11.5 Å². The molecule has 180 valence electrons. The van der Waals surface area contributed by atoms with E-state index in [0.29, 0.717) is 23.0 Å². The molecule has 1 amide bonds. The Hall–Kier alpha value is -3.44. The molecule has 0 bridgehead atoms. The molecule has 2 fully saturated rings. The minimum absolute atomic E-state index is 0.0937. The van der Waals surface area contributed by atoms with Gasteiger partial charge in [0, 0.05) is 25.4 Å². The molecule has 3 aromatic heterocycles. The summed E-state index contributed by atoms with van der Waals surface area (Å²) in [5.41, 5.74) is 0.906. The van der Waals surface area contributed by atoms with Crippen molar-refractivity contribution in [1.29, 1.82) is 0 Å². The summed E-state index contributed by atoms with van der Waals surface area (Å²) in [5.74, 6) is 0.601. The van der Waals surface area contributed by atoms with Crippen molar-refractivity contribution >= 4 is 28.9 Å². The van der Waals surface area contributed by atoms with E-state index in [-0.39, 0.29) is 30.4 Å². The van der Waals surface area contributed by atoms with Crippen LogP contribution in [0.5, 0.6) is 0 Å². The Bertz CT molecular complexity index is 1250. The summed E-state index contributed by atoms with van der Waals surface area (Å²) in [7, 11) is 1.74. The third kappa shape index (κ3) is 4.24. The molecule has 0 unspecified atom stereocenters. The van der Waals surface area contributed by atoms with E-state index in [1.165, 1.54) is 17.1 Å². The first-order valence-corrected chi connectivity index (χ1v) is 11.7. The SMILES string of the molecule is CNc1cc(Nc2cccn(C3CCCCC3)c2=O)nc2c(C(=O)N[C@@H]3COC[C@@H]3O)cnn12. The van der Waals surface area contributed by atoms with Crippen LogP contribution in [0.4, 0.5) is 17.3 Å². The summed E-state index contributed by atoms with van der Waals surface area (Å²) >= 11 is 0. The van der Waals surface area contributed by atoms with E-state index < -0.39 is 18.1 Å². The average Bonchev–Trinajstić information content (AvgIpc) is 3.46. The van der Waals surface area contributed by atoms with E-state index >= 15 is 0 Å². The van der Waals surface area contributed by atoms with Gasteiger partial charge in [-0.2, -0.15) is 9.61 Å². The molecule has 0 spiro atoms. The number of nitrogens with one attached hydrogen (secondary N) is 3. The molecule has 2 aliphatic rings. The van der Waals surface area contributed by atoms with Crippen LogP contribution >= 0.6 is 0 Å². The highest BCUT2D eigenvalue weighted by atomic mass is 16.5. The number of carbonyl (C=O) groups excluding carboxylic acids is 1. The lowest BCUT2D eigenvalue weighted by Crippen LogP contribution is -2.42. The van der Waals surface area contributed by atoms with Gasteiger partial charge in [-0.15, -0.1) is 0 Å². The Kier molecular flexibility index (Phi) is 6.20. The maximum atomic E-state index is 13.2. The minimum Gasteiger partial charge on any atom is -0.388 e. The van der Waals surface area contributed by atoms with Crippen molar-refractivity contribution in [3.05, 3.63) is 46.5 Å². The molecule has 0 aromatic carbocycles. The molecule has 2 atom stereocenters. The van der Waals surface area contributed by atoms with Gasteiger partial charge >= 0.3 is 0 Å². The first-order valence-electron chi connectivity index (χ1n) is 11.7. The van der Waals surface area contributed by atoms with E-state index in [1.807, 2.05) is 16.8 Å². The number of amides is 1. The highest BCUT2D eigenvalue weighted by Crippen LogP contribution is 2.27. The topological polar surface area (TPSA) is 135 Å². The fourth-order valence-corrected chi connectivity index (χ4v) is 4.68. The lowest BCUT2D eigenvalue weighted by Gasteiger charge is -2.24. The molecule has 11 heteroatoms. The number of pyridine rings is 1. The van der Waals surface area contributed by atoms with Crippen LogP contribution in [0.1, 0.15) is 48.5 Å². The van der Waals surface area contributed by atoms with Gasteiger partial charge in [0.1, 0.15) is 22.9 Å². The van der Waals surface area contributed by atoms with Gasteiger partial charge in [-0.05, 0) is 25.0 Å². The molecule has 3 aromatic rings. The Morgan fingerprint density at radius 2 is 2.06 bits per heavy atom. The first kappa shape index (κ1) is 22.4. The molecule has 34 heavy (non-hydrogen) atoms. The molecule has 1 aliphatic heterocycles. The van der Waals surface area contributed by atoms with Crippen LogP contribution < -0.4 is 21.5 Å². The summed E-state index contributed by atoms with van der Waals surface area (Å²) in [6.07, 6.45) is 8.02. The lowest BCUT2D eigenvalue weighted by atomic mass is 9.95. The van der Waals surface area contributed by atoms with Gasteiger partial charge in [-0.1, -0.05) is 19.3 Å². The zero-order valence-corrected chi connectivity index (χ0v) is 19.0. The smallest absolute Gasteiger partial charge is 0.274 e. The van der Waals surface area contributed by atoms with Crippen molar-refractivity contribution in [3.8, 4) is 0 Å². The van der Waals surface area contributed by atoms with E-state index in [0.717, 1.165) is 25.7 Å². The monoisotopic (exact) mass is 467 g/mol. The number of nitrogens with zero attached hydrogens (tertiary/aromatic N) is 4. The fourth-order valence-electron chi connectivity index (χ4n) is 4.68. The molecule has 1 saturated carbocycles. The molecule has 4 N–H and O–H groups in total. The van der Waals surface area contributed by atoms with Gasteiger partial charge in [0.05, 0.1) is 31.6 Å². The van der Waals surface area contributed by atoms with Crippen molar-refractivity contribution in [3.63, 3.8) is 0 Å². The normalized spacial score (nSPS) is 21.0. The number of ether oxygens (including phenoxy) is 1. The highest BCUT2D eigenvalue weighted by Gasteiger charge is 2.29. The number of aliphatic hydroxyl groups is 1. The number of rotatable bonds is 6. The third-order valence-electron chi connectivity index (χ3n) is 6.54. The Morgan fingerprint density at radius 1 is 1.24 bits per heavy atom. The number of aliphatic hydroxyl groups excluding tert-OH is 1. The van der Waals surface area contributed by atoms with Crippen molar-refractivity contribution in [2.24, 2.45) is 0 Å². The number of anilines is 3.